The van der Waals surface area contributed by atoms with Gasteiger partial charge in [-0.3, -0.25) is 4.68 Å². The Labute approximate surface area is 122 Å². The zero-order valence-corrected chi connectivity index (χ0v) is 13.6. The Morgan fingerprint density at radius 3 is 2.59 bits per heavy atom. The fourth-order valence-corrected chi connectivity index (χ4v) is 3.84. The summed E-state index contributed by atoms with van der Waals surface area (Å²) in [6.07, 6.45) is 0. The molecule has 0 aliphatic rings. The van der Waals surface area contributed by atoms with Crippen LogP contribution in [0.25, 0.3) is 0 Å². The van der Waals surface area contributed by atoms with Gasteiger partial charge in [0, 0.05) is 22.2 Å². The molecule has 0 bridgehead atoms. The zero-order valence-electron chi connectivity index (χ0n) is 9.58. The summed E-state index contributed by atoms with van der Waals surface area (Å²) in [5, 5.41) is 4.39. The number of thioether (sulfide) groups is 1. The van der Waals surface area contributed by atoms with E-state index in [2.05, 4.69) is 55.2 Å². The Balaban J connectivity index is 2.15. The van der Waals surface area contributed by atoms with Crippen LogP contribution in [0.5, 0.6) is 0 Å². The standard InChI is InChI=1S/C12H12Br2N2S/c1-8-12(14)10(16(2)15-8)7-17-11-6-4-3-5-9(11)13/h3-6H,7H2,1-2H3. The van der Waals surface area contributed by atoms with E-state index in [9.17, 15) is 0 Å². The molecule has 5 heteroatoms. The molecule has 0 spiro atoms. The number of aryl methyl sites for hydroxylation is 2. The van der Waals surface area contributed by atoms with Gasteiger partial charge in [0.25, 0.3) is 0 Å². The third-order valence-corrected chi connectivity index (χ3v) is 5.53. The van der Waals surface area contributed by atoms with Gasteiger partial charge in [0.1, 0.15) is 0 Å². The summed E-state index contributed by atoms with van der Waals surface area (Å²) in [5.74, 6) is 0.903. The van der Waals surface area contributed by atoms with Crippen molar-refractivity contribution in [2.45, 2.75) is 17.6 Å². The third-order valence-electron chi connectivity index (χ3n) is 2.46. The minimum atomic E-state index is 0.903. The van der Waals surface area contributed by atoms with E-state index < -0.39 is 0 Å². The van der Waals surface area contributed by atoms with Gasteiger partial charge in [0.2, 0.25) is 0 Å². The molecule has 2 aromatic rings. The largest absolute Gasteiger partial charge is 0.270 e. The Bertz CT molecular complexity index is 537. The van der Waals surface area contributed by atoms with E-state index in [1.54, 1.807) is 11.8 Å². The smallest absolute Gasteiger partial charge is 0.0738 e. The number of aromatic nitrogens is 2. The van der Waals surface area contributed by atoms with Gasteiger partial charge >= 0.3 is 0 Å². The molecule has 0 amide bonds. The summed E-state index contributed by atoms with van der Waals surface area (Å²) in [6.45, 7) is 2.01. The second kappa shape index (κ2) is 5.59. The average Bonchev–Trinajstić information content (AvgIpc) is 2.53. The van der Waals surface area contributed by atoms with Crippen LogP contribution in [0, 0.1) is 6.92 Å². The Hall–Kier alpha value is -0.260. The molecule has 0 N–H and O–H groups in total. The predicted octanol–water partition coefficient (Wildman–Crippen LogP) is 4.55. The highest BCUT2D eigenvalue weighted by Gasteiger charge is 2.11. The topological polar surface area (TPSA) is 17.8 Å². The van der Waals surface area contributed by atoms with E-state index in [0.29, 0.717) is 0 Å². The fraction of sp³-hybridized carbons (Fsp3) is 0.250. The van der Waals surface area contributed by atoms with Gasteiger partial charge in [0.15, 0.2) is 0 Å². The van der Waals surface area contributed by atoms with Gasteiger partial charge in [-0.2, -0.15) is 5.10 Å². The van der Waals surface area contributed by atoms with Gasteiger partial charge in [-0.05, 0) is 50.9 Å². The first-order valence-corrected chi connectivity index (χ1v) is 7.72. The van der Waals surface area contributed by atoms with E-state index in [0.717, 1.165) is 20.4 Å². The van der Waals surface area contributed by atoms with Crippen LogP contribution in [-0.2, 0) is 12.8 Å². The lowest BCUT2D eigenvalue weighted by Crippen LogP contribution is -1.96. The SMILES string of the molecule is Cc1nn(C)c(CSc2ccccc2Br)c1Br. The van der Waals surface area contributed by atoms with E-state index in [-0.39, 0.29) is 0 Å². The molecule has 0 aliphatic heterocycles. The van der Waals surface area contributed by atoms with E-state index in [1.807, 2.05) is 24.7 Å². The zero-order chi connectivity index (χ0) is 12.4. The molecule has 17 heavy (non-hydrogen) atoms. The summed E-state index contributed by atoms with van der Waals surface area (Å²) >= 11 is 8.95. The molecule has 0 atom stereocenters. The third kappa shape index (κ3) is 2.95. The average molecular weight is 376 g/mol. The van der Waals surface area contributed by atoms with Gasteiger partial charge in [-0.25, -0.2) is 0 Å². The van der Waals surface area contributed by atoms with Gasteiger partial charge in [-0.1, -0.05) is 12.1 Å². The van der Waals surface area contributed by atoms with Gasteiger partial charge < -0.3 is 0 Å². The maximum Gasteiger partial charge on any atom is 0.0738 e. The van der Waals surface area contributed by atoms with Crippen molar-refractivity contribution in [3.63, 3.8) is 0 Å². The van der Waals surface area contributed by atoms with Crippen LogP contribution in [0.3, 0.4) is 0 Å². The van der Waals surface area contributed by atoms with Crippen molar-refractivity contribution in [3.8, 4) is 0 Å². The predicted molar refractivity (Wildman–Crippen MR) is 79.3 cm³/mol. The van der Waals surface area contributed by atoms with Crippen molar-refractivity contribution in [1.29, 1.82) is 0 Å². The van der Waals surface area contributed by atoms with Crippen LogP contribution < -0.4 is 0 Å². The van der Waals surface area contributed by atoms with Crippen LogP contribution in [-0.4, -0.2) is 9.78 Å². The number of rotatable bonds is 3. The molecule has 1 heterocycles. The second-order valence-electron chi connectivity index (χ2n) is 3.69. The lowest BCUT2D eigenvalue weighted by atomic mass is 10.4. The Kier molecular flexibility index (Phi) is 4.33. The summed E-state index contributed by atoms with van der Waals surface area (Å²) in [6, 6.07) is 8.26. The highest BCUT2D eigenvalue weighted by molar-refractivity contribution is 9.10. The fourth-order valence-electron chi connectivity index (χ4n) is 1.54. The lowest BCUT2D eigenvalue weighted by Gasteiger charge is -2.05. The van der Waals surface area contributed by atoms with Crippen molar-refractivity contribution in [2.75, 3.05) is 0 Å². The summed E-state index contributed by atoms with van der Waals surface area (Å²) in [7, 11) is 1.98. The number of hydrogen-bond donors (Lipinski definition) is 0. The monoisotopic (exact) mass is 374 g/mol. The maximum atomic E-state index is 4.39. The van der Waals surface area contributed by atoms with Crippen LogP contribution in [0.15, 0.2) is 38.1 Å². The van der Waals surface area contributed by atoms with Gasteiger partial charge in [-0.15, -0.1) is 11.8 Å². The highest BCUT2D eigenvalue weighted by Crippen LogP contribution is 2.32. The quantitative estimate of drug-likeness (QED) is 0.732. The lowest BCUT2D eigenvalue weighted by molar-refractivity contribution is 0.727. The second-order valence-corrected chi connectivity index (χ2v) is 6.35. The molecular weight excluding hydrogens is 364 g/mol. The highest BCUT2D eigenvalue weighted by atomic mass is 79.9. The van der Waals surface area contributed by atoms with E-state index in [4.69, 9.17) is 0 Å². The molecular formula is C12H12Br2N2S. The van der Waals surface area contributed by atoms with Crippen LogP contribution in [0.2, 0.25) is 0 Å². The van der Waals surface area contributed by atoms with Crippen LogP contribution in [0.4, 0.5) is 0 Å². The molecule has 1 aromatic heterocycles. The van der Waals surface area contributed by atoms with Crippen LogP contribution >= 0.6 is 43.6 Å². The molecule has 0 fully saturated rings. The number of nitrogens with zero attached hydrogens (tertiary/aromatic N) is 2. The summed E-state index contributed by atoms with van der Waals surface area (Å²) in [5.41, 5.74) is 2.25. The van der Waals surface area contributed by atoms with Crippen LogP contribution in [0.1, 0.15) is 11.4 Å². The summed E-state index contributed by atoms with van der Waals surface area (Å²) in [4.78, 5) is 1.25. The molecule has 1 aromatic carbocycles. The first kappa shape index (κ1) is 13.2. The molecule has 2 nitrogen and oxygen atoms in total. The van der Waals surface area contributed by atoms with Crippen molar-refractivity contribution in [1.82, 2.24) is 9.78 Å². The molecule has 0 radical (unpaired) electrons. The number of hydrogen-bond acceptors (Lipinski definition) is 2. The van der Waals surface area contributed by atoms with Gasteiger partial charge in [0.05, 0.1) is 15.9 Å². The minimum absolute atomic E-state index is 0.903. The Morgan fingerprint density at radius 2 is 2.00 bits per heavy atom. The maximum absolute atomic E-state index is 4.39. The molecule has 0 unspecified atom stereocenters. The van der Waals surface area contributed by atoms with E-state index >= 15 is 0 Å². The van der Waals surface area contributed by atoms with Crippen molar-refractivity contribution in [3.05, 3.63) is 44.6 Å². The van der Waals surface area contributed by atoms with Crippen molar-refractivity contribution < 1.29 is 0 Å². The molecule has 0 saturated carbocycles. The molecule has 90 valence electrons. The first-order chi connectivity index (χ1) is 8.09. The molecule has 0 aliphatic carbocycles. The minimum Gasteiger partial charge on any atom is -0.270 e. The molecule has 0 saturated heterocycles. The summed E-state index contributed by atoms with van der Waals surface area (Å²) < 4.78 is 4.18. The number of benzene rings is 1. The number of halogens is 2. The molecule has 2 rings (SSSR count). The normalized spacial score (nSPS) is 10.8. The van der Waals surface area contributed by atoms with Crippen molar-refractivity contribution in [2.24, 2.45) is 7.05 Å². The van der Waals surface area contributed by atoms with E-state index in [1.165, 1.54) is 10.6 Å². The Morgan fingerprint density at radius 1 is 1.29 bits per heavy atom. The van der Waals surface area contributed by atoms with Crippen molar-refractivity contribution >= 4 is 43.6 Å². The first-order valence-electron chi connectivity index (χ1n) is 5.15.